The normalized spacial score (nSPS) is 10.5. The van der Waals surface area contributed by atoms with Crippen LogP contribution in [0.25, 0.3) is 0 Å². The first kappa shape index (κ1) is 12.0. The first-order chi connectivity index (χ1) is 6.93. The molecule has 0 atom stereocenters. The number of ketones is 1. The summed E-state index contributed by atoms with van der Waals surface area (Å²) in [5, 5.41) is 0. The summed E-state index contributed by atoms with van der Waals surface area (Å²) in [5.41, 5.74) is -0.482. The Labute approximate surface area is 92.2 Å². The molecule has 0 fully saturated rings. The predicted molar refractivity (Wildman–Crippen MR) is 50.7 cm³/mol. The molecule has 0 unspecified atom stereocenters. The Kier molecular flexibility index (Phi) is 3.73. The van der Waals surface area contributed by atoms with E-state index in [4.69, 9.17) is 0 Å². The molecule has 0 aromatic heterocycles. The molecule has 1 aromatic rings. The van der Waals surface area contributed by atoms with Gasteiger partial charge in [-0.3, -0.25) is 4.79 Å². The van der Waals surface area contributed by atoms with E-state index >= 15 is 0 Å². The average molecular weight is 283 g/mol. The maximum absolute atomic E-state index is 13.4. The molecule has 82 valence electrons. The third-order valence-electron chi connectivity index (χ3n) is 1.62. The highest BCUT2D eigenvalue weighted by molar-refractivity contribution is 9.10. The fourth-order valence-corrected chi connectivity index (χ4v) is 1.39. The fraction of sp³-hybridized carbons (Fsp3) is 0.222. The second-order valence-corrected chi connectivity index (χ2v) is 3.52. The van der Waals surface area contributed by atoms with Crippen LogP contribution in [0.1, 0.15) is 17.3 Å². The Morgan fingerprint density at radius 3 is 2.53 bits per heavy atom. The van der Waals surface area contributed by atoms with Gasteiger partial charge >= 0.3 is 6.61 Å². The Morgan fingerprint density at radius 2 is 2.07 bits per heavy atom. The minimum Gasteiger partial charge on any atom is -0.434 e. The van der Waals surface area contributed by atoms with Crippen molar-refractivity contribution < 1.29 is 22.7 Å². The zero-order valence-electron chi connectivity index (χ0n) is 7.56. The van der Waals surface area contributed by atoms with Crippen LogP contribution in [0, 0.1) is 5.82 Å². The molecule has 1 rings (SSSR count). The van der Waals surface area contributed by atoms with Gasteiger partial charge in [0.05, 0.1) is 10.0 Å². The predicted octanol–water partition coefficient (Wildman–Crippen LogP) is 3.39. The number of alkyl halides is 2. The Balaban J connectivity index is 3.27. The summed E-state index contributed by atoms with van der Waals surface area (Å²) < 4.78 is 41.3. The number of hydrogen-bond donors (Lipinski definition) is 0. The number of halogens is 4. The number of carbonyl (C=O) groups is 1. The topological polar surface area (TPSA) is 26.3 Å². The van der Waals surface area contributed by atoms with E-state index in [0.29, 0.717) is 0 Å². The smallest absolute Gasteiger partial charge is 0.387 e. The van der Waals surface area contributed by atoms with Crippen molar-refractivity contribution in [3.63, 3.8) is 0 Å². The highest BCUT2D eigenvalue weighted by atomic mass is 79.9. The van der Waals surface area contributed by atoms with Gasteiger partial charge in [0.1, 0.15) is 5.75 Å². The van der Waals surface area contributed by atoms with Gasteiger partial charge in [0.2, 0.25) is 0 Å². The first-order valence-electron chi connectivity index (χ1n) is 3.87. The van der Waals surface area contributed by atoms with Gasteiger partial charge in [-0.1, -0.05) is 0 Å². The molecule has 2 nitrogen and oxygen atoms in total. The molecule has 0 spiro atoms. The van der Waals surface area contributed by atoms with Gasteiger partial charge < -0.3 is 4.74 Å². The van der Waals surface area contributed by atoms with E-state index in [1.54, 1.807) is 0 Å². The van der Waals surface area contributed by atoms with Crippen LogP contribution in [0.15, 0.2) is 16.6 Å². The highest BCUT2D eigenvalue weighted by Gasteiger charge is 2.19. The second-order valence-electron chi connectivity index (χ2n) is 2.67. The van der Waals surface area contributed by atoms with Crippen molar-refractivity contribution >= 4 is 21.7 Å². The lowest BCUT2D eigenvalue weighted by molar-refractivity contribution is -0.0503. The van der Waals surface area contributed by atoms with E-state index < -0.39 is 29.5 Å². The van der Waals surface area contributed by atoms with E-state index in [9.17, 15) is 18.0 Å². The van der Waals surface area contributed by atoms with Crippen molar-refractivity contribution in [3.8, 4) is 5.75 Å². The SMILES string of the molecule is CC(=O)c1c(OC(F)F)ccc(Br)c1F. The number of hydrogen-bond acceptors (Lipinski definition) is 2. The summed E-state index contributed by atoms with van der Waals surface area (Å²) in [7, 11) is 0. The molecule has 6 heteroatoms. The number of carbonyl (C=O) groups excluding carboxylic acids is 1. The van der Waals surface area contributed by atoms with Crippen LogP contribution in [-0.2, 0) is 0 Å². The molecule has 15 heavy (non-hydrogen) atoms. The van der Waals surface area contributed by atoms with Gasteiger partial charge in [-0.2, -0.15) is 8.78 Å². The van der Waals surface area contributed by atoms with Gasteiger partial charge in [0.25, 0.3) is 0 Å². The molecule has 0 aliphatic carbocycles. The standard InChI is InChI=1S/C9H6BrF3O2/c1-4(14)7-6(15-9(12)13)3-2-5(10)8(7)11/h2-3,9H,1H3. The summed E-state index contributed by atoms with van der Waals surface area (Å²) in [6.07, 6.45) is 0. The highest BCUT2D eigenvalue weighted by Crippen LogP contribution is 2.29. The van der Waals surface area contributed by atoms with Crippen LogP contribution < -0.4 is 4.74 Å². The van der Waals surface area contributed by atoms with Crippen molar-refractivity contribution in [2.75, 3.05) is 0 Å². The molecule has 0 saturated heterocycles. The number of Topliss-reactive ketones (excluding diaryl/α,β-unsaturated/α-hetero) is 1. The van der Waals surface area contributed by atoms with Crippen LogP contribution in [0.3, 0.4) is 0 Å². The van der Waals surface area contributed by atoms with Crippen LogP contribution in [-0.4, -0.2) is 12.4 Å². The van der Waals surface area contributed by atoms with Crippen LogP contribution in [0.4, 0.5) is 13.2 Å². The Morgan fingerprint density at radius 1 is 1.47 bits per heavy atom. The van der Waals surface area contributed by atoms with E-state index in [-0.39, 0.29) is 4.47 Å². The Bertz CT molecular complexity index is 393. The fourth-order valence-electron chi connectivity index (χ4n) is 1.06. The third kappa shape index (κ3) is 2.71. The summed E-state index contributed by atoms with van der Waals surface area (Å²) >= 11 is 2.84. The average Bonchev–Trinajstić information content (AvgIpc) is 2.10. The van der Waals surface area contributed by atoms with E-state index in [0.717, 1.165) is 13.0 Å². The summed E-state index contributed by atoms with van der Waals surface area (Å²) in [4.78, 5) is 11.0. The minimum atomic E-state index is -3.09. The number of benzene rings is 1. The molecule has 0 amide bonds. The number of rotatable bonds is 3. The lowest BCUT2D eigenvalue weighted by Gasteiger charge is -2.09. The van der Waals surface area contributed by atoms with Gasteiger partial charge in [-0.15, -0.1) is 0 Å². The summed E-state index contributed by atoms with van der Waals surface area (Å²) in [6.45, 7) is -2.02. The lowest BCUT2D eigenvalue weighted by atomic mass is 10.1. The maximum atomic E-state index is 13.4. The first-order valence-corrected chi connectivity index (χ1v) is 4.66. The molecular weight excluding hydrogens is 277 g/mol. The van der Waals surface area contributed by atoms with Crippen molar-refractivity contribution in [1.82, 2.24) is 0 Å². The molecule has 0 saturated carbocycles. The third-order valence-corrected chi connectivity index (χ3v) is 2.24. The molecule has 0 radical (unpaired) electrons. The van der Waals surface area contributed by atoms with Gasteiger partial charge in [0, 0.05) is 0 Å². The van der Waals surface area contributed by atoms with Crippen molar-refractivity contribution in [2.45, 2.75) is 13.5 Å². The zero-order valence-corrected chi connectivity index (χ0v) is 9.15. The molecule has 0 heterocycles. The van der Waals surface area contributed by atoms with E-state index in [1.807, 2.05) is 0 Å². The van der Waals surface area contributed by atoms with Crippen LogP contribution in [0.5, 0.6) is 5.75 Å². The van der Waals surface area contributed by atoms with Crippen LogP contribution >= 0.6 is 15.9 Å². The lowest BCUT2D eigenvalue weighted by Crippen LogP contribution is -2.08. The molecule has 0 bridgehead atoms. The van der Waals surface area contributed by atoms with Gasteiger partial charge in [-0.05, 0) is 35.0 Å². The Hall–Kier alpha value is -1.04. The molecular formula is C9H6BrF3O2. The summed E-state index contributed by atoms with van der Waals surface area (Å²) in [5.74, 6) is -2.04. The maximum Gasteiger partial charge on any atom is 0.387 e. The summed E-state index contributed by atoms with van der Waals surface area (Å²) in [6, 6.07) is 2.30. The van der Waals surface area contributed by atoms with Crippen molar-refractivity contribution in [2.24, 2.45) is 0 Å². The van der Waals surface area contributed by atoms with Crippen molar-refractivity contribution in [1.29, 1.82) is 0 Å². The van der Waals surface area contributed by atoms with Gasteiger partial charge in [-0.25, -0.2) is 4.39 Å². The zero-order chi connectivity index (χ0) is 11.6. The number of ether oxygens (including phenoxy) is 1. The van der Waals surface area contributed by atoms with Gasteiger partial charge in [0.15, 0.2) is 11.6 Å². The largest absolute Gasteiger partial charge is 0.434 e. The second kappa shape index (κ2) is 4.65. The molecule has 0 aliphatic heterocycles. The minimum absolute atomic E-state index is 0.0225. The molecule has 0 N–H and O–H groups in total. The van der Waals surface area contributed by atoms with E-state index in [1.165, 1.54) is 6.07 Å². The molecule has 1 aromatic carbocycles. The quantitative estimate of drug-likeness (QED) is 0.795. The van der Waals surface area contributed by atoms with Crippen LogP contribution in [0.2, 0.25) is 0 Å². The monoisotopic (exact) mass is 282 g/mol. The molecule has 0 aliphatic rings. The van der Waals surface area contributed by atoms with Crippen molar-refractivity contribution in [3.05, 3.63) is 28.0 Å². The van der Waals surface area contributed by atoms with E-state index in [2.05, 4.69) is 20.7 Å².